The zero-order valence-corrected chi connectivity index (χ0v) is 19.7. The summed E-state index contributed by atoms with van der Waals surface area (Å²) in [6.45, 7) is 6.69. The van der Waals surface area contributed by atoms with E-state index in [1.807, 2.05) is 13.0 Å². The summed E-state index contributed by atoms with van der Waals surface area (Å²) < 4.78 is 57.8. The number of nitrogen functional groups attached to an aromatic ring is 1. The van der Waals surface area contributed by atoms with Crippen molar-refractivity contribution in [2.45, 2.75) is 58.0 Å². The summed E-state index contributed by atoms with van der Waals surface area (Å²) in [5, 5.41) is 3.99. The number of ether oxygens (including phenoxy) is 3. The number of hydrogen-bond donors (Lipinski definition) is 2. The molecule has 3 N–H and O–H groups in total. The Morgan fingerprint density at radius 3 is 2.71 bits per heavy atom. The first-order valence-electron chi connectivity index (χ1n) is 11.6. The highest BCUT2D eigenvalue weighted by Gasteiger charge is 2.32. The molecular formula is C25H27F3N4O3. The van der Waals surface area contributed by atoms with Gasteiger partial charge in [0.15, 0.2) is 11.5 Å². The molecule has 3 aromatic rings. The second kappa shape index (κ2) is 8.75. The van der Waals surface area contributed by atoms with Crippen LogP contribution in [0.5, 0.6) is 11.5 Å². The lowest BCUT2D eigenvalue weighted by Crippen LogP contribution is -2.16. The summed E-state index contributed by atoms with van der Waals surface area (Å²) in [6.07, 6.45) is -3.15. The Morgan fingerprint density at radius 2 is 2.00 bits per heavy atom. The average molecular weight is 489 g/mol. The third-order valence-corrected chi connectivity index (χ3v) is 6.27. The predicted molar refractivity (Wildman–Crippen MR) is 126 cm³/mol. The van der Waals surface area contributed by atoms with Gasteiger partial charge in [-0.15, -0.1) is 0 Å². The second-order valence-electron chi connectivity index (χ2n) is 9.19. The quantitative estimate of drug-likeness (QED) is 0.477. The van der Waals surface area contributed by atoms with Crippen molar-refractivity contribution in [1.82, 2.24) is 9.97 Å². The maximum absolute atomic E-state index is 13.3. The van der Waals surface area contributed by atoms with Crippen molar-refractivity contribution in [3.63, 3.8) is 0 Å². The monoisotopic (exact) mass is 488 g/mol. The van der Waals surface area contributed by atoms with E-state index in [1.54, 1.807) is 13.8 Å². The van der Waals surface area contributed by atoms with E-state index in [0.29, 0.717) is 53.7 Å². The molecule has 2 unspecified atom stereocenters. The molecule has 2 aromatic carbocycles. The smallest absolute Gasteiger partial charge is 0.416 e. The molecule has 0 radical (unpaired) electrons. The number of aryl methyl sites for hydroxylation is 1. The molecule has 0 spiro atoms. The Bertz CT molecular complexity index is 1280. The molecule has 3 heterocycles. The van der Waals surface area contributed by atoms with Gasteiger partial charge in [0.05, 0.1) is 30.3 Å². The Balaban J connectivity index is 1.57. The number of nitrogens with zero attached hydrogens (tertiary/aromatic N) is 2. The van der Waals surface area contributed by atoms with Crippen LogP contribution in [0.3, 0.4) is 0 Å². The van der Waals surface area contributed by atoms with Crippen LogP contribution in [-0.2, 0) is 17.3 Å². The third kappa shape index (κ3) is 4.67. The number of rotatable bonds is 5. The van der Waals surface area contributed by atoms with Crippen LogP contribution in [0, 0.1) is 6.92 Å². The van der Waals surface area contributed by atoms with Gasteiger partial charge in [0, 0.05) is 29.5 Å². The summed E-state index contributed by atoms with van der Waals surface area (Å²) in [5.74, 6) is 2.32. The van der Waals surface area contributed by atoms with Crippen LogP contribution in [0.2, 0.25) is 0 Å². The molecule has 0 amide bonds. The standard InChI is InChI=1S/C25H27F3N4O3/c1-12-6-19-22-20(10-21(23(19)34-12)35-18-4-5-33-11-18)24(32-14(3)31-22)30-13(2)15-7-16(25(26,27)28)9-17(29)8-15/h7-10,12-13,18H,4-6,11,29H2,1-3H3,(H,30,31,32)/t12?,13-,18?/m1/s1. The number of nitrogens with one attached hydrogen (secondary N) is 1. The van der Waals surface area contributed by atoms with Crippen molar-refractivity contribution in [2.75, 3.05) is 24.3 Å². The minimum Gasteiger partial charge on any atom is -0.486 e. The van der Waals surface area contributed by atoms with Gasteiger partial charge in [-0.1, -0.05) is 0 Å². The average Bonchev–Trinajstić information content (AvgIpc) is 3.43. The molecule has 1 fully saturated rings. The molecule has 1 aromatic heterocycles. The maximum atomic E-state index is 13.3. The molecule has 35 heavy (non-hydrogen) atoms. The van der Waals surface area contributed by atoms with Crippen molar-refractivity contribution in [2.24, 2.45) is 0 Å². The Kier molecular flexibility index (Phi) is 5.86. The van der Waals surface area contributed by atoms with Crippen LogP contribution >= 0.6 is 0 Å². The lowest BCUT2D eigenvalue weighted by atomic mass is 10.0. The van der Waals surface area contributed by atoms with Crippen LogP contribution in [0.15, 0.2) is 24.3 Å². The lowest BCUT2D eigenvalue weighted by molar-refractivity contribution is -0.137. The van der Waals surface area contributed by atoms with Gasteiger partial charge in [-0.05, 0) is 50.6 Å². The molecule has 186 valence electrons. The van der Waals surface area contributed by atoms with E-state index in [1.165, 1.54) is 6.07 Å². The zero-order valence-electron chi connectivity index (χ0n) is 19.7. The Morgan fingerprint density at radius 1 is 1.20 bits per heavy atom. The molecule has 0 aliphatic carbocycles. The largest absolute Gasteiger partial charge is 0.486 e. The fraction of sp³-hybridized carbons (Fsp3) is 0.440. The van der Waals surface area contributed by atoms with Crippen LogP contribution in [-0.4, -0.2) is 35.4 Å². The molecule has 0 saturated carbocycles. The Labute approximate surface area is 200 Å². The molecule has 10 heteroatoms. The first-order chi connectivity index (χ1) is 16.6. The summed E-state index contributed by atoms with van der Waals surface area (Å²) in [6, 6.07) is 4.91. The molecule has 3 atom stereocenters. The van der Waals surface area contributed by atoms with Crippen LogP contribution < -0.4 is 20.5 Å². The summed E-state index contributed by atoms with van der Waals surface area (Å²) in [4.78, 5) is 9.26. The maximum Gasteiger partial charge on any atom is 0.416 e. The van der Waals surface area contributed by atoms with Gasteiger partial charge >= 0.3 is 6.18 Å². The number of halogens is 3. The first kappa shape index (κ1) is 23.5. The summed E-state index contributed by atoms with van der Waals surface area (Å²) >= 11 is 0. The number of alkyl halides is 3. The van der Waals surface area contributed by atoms with Gasteiger partial charge in [-0.2, -0.15) is 13.2 Å². The summed E-state index contributed by atoms with van der Waals surface area (Å²) in [5.41, 5.74) is 7.12. The van der Waals surface area contributed by atoms with E-state index < -0.39 is 17.8 Å². The lowest BCUT2D eigenvalue weighted by Gasteiger charge is -2.21. The SMILES string of the molecule is Cc1nc(N[C@H](C)c2cc(N)cc(C(F)(F)F)c2)c2cc(OC3CCOC3)c3c(c2n1)CC(C)O3. The summed E-state index contributed by atoms with van der Waals surface area (Å²) in [7, 11) is 0. The van der Waals surface area contributed by atoms with E-state index in [-0.39, 0.29) is 17.9 Å². The van der Waals surface area contributed by atoms with Crippen molar-refractivity contribution in [1.29, 1.82) is 0 Å². The number of aromatic nitrogens is 2. The second-order valence-corrected chi connectivity index (χ2v) is 9.19. The van der Waals surface area contributed by atoms with E-state index in [9.17, 15) is 13.2 Å². The number of fused-ring (bicyclic) bond motifs is 3. The number of nitrogens with two attached hydrogens (primary N) is 1. The topological polar surface area (TPSA) is 91.5 Å². The molecule has 7 nitrogen and oxygen atoms in total. The fourth-order valence-electron chi connectivity index (χ4n) is 4.61. The van der Waals surface area contributed by atoms with Crippen molar-refractivity contribution in [3.8, 4) is 11.5 Å². The van der Waals surface area contributed by atoms with Crippen molar-refractivity contribution < 1.29 is 27.4 Å². The Hall–Kier alpha value is -3.27. The van der Waals surface area contributed by atoms with Crippen molar-refractivity contribution in [3.05, 3.63) is 46.8 Å². The predicted octanol–water partition coefficient (Wildman–Crippen LogP) is 5.20. The minimum atomic E-state index is -4.49. The molecular weight excluding hydrogens is 461 g/mol. The minimum absolute atomic E-state index is 0.0311. The number of hydrogen-bond acceptors (Lipinski definition) is 7. The van der Waals surface area contributed by atoms with Gasteiger partial charge in [0.2, 0.25) is 0 Å². The fourth-order valence-corrected chi connectivity index (χ4v) is 4.61. The highest BCUT2D eigenvalue weighted by molar-refractivity contribution is 5.95. The first-order valence-corrected chi connectivity index (χ1v) is 11.6. The number of anilines is 2. The van der Waals surface area contributed by atoms with Crippen molar-refractivity contribution >= 4 is 22.4 Å². The molecule has 2 aliphatic heterocycles. The van der Waals surface area contributed by atoms with Gasteiger partial charge in [0.1, 0.15) is 23.9 Å². The zero-order chi connectivity index (χ0) is 24.9. The highest BCUT2D eigenvalue weighted by Crippen LogP contribution is 2.45. The normalized spacial score (nSPS) is 20.5. The van der Waals surface area contributed by atoms with E-state index in [4.69, 9.17) is 19.9 Å². The van der Waals surface area contributed by atoms with E-state index in [2.05, 4.69) is 15.3 Å². The van der Waals surface area contributed by atoms with E-state index in [0.717, 1.165) is 29.6 Å². The van der Waals surface area contributed by atoms with Gasteiger partial charge in [0.25, 0.3) is 0 Å². The van der Waals surface area contributed by atoms with Crippen LogP contribution in [0.1, 0.15) is 48.8 Å². The molecule has 2 aliphatic rings. The van der Waals surface area contributed by atoms with Gasteiger partial charge < -0.3 is 25.3 Å². The van der Waals surface area contributed by atoms with Gasteiger partial charge in [-0.25, -0.2) is 9.97 Å². The van der Waals surface area contributed by atoms with Crippen LogP contribution in [0.4, 0.5) is 24.7 Å². The molecule has 0 bridgehead atoms. The highest BCUT2D eigenvalue weighted by atomic mass is 19.4. The van der Waals surface area contributed by atoms with E-state index >= 15 is 0 Å². The van der Waals surface area contributed by atoms with Gasteiger partial charge in [-0.3, -0.25) is 0 Å². The molecule has 5 rings (SSSR count). The third-order valence-electron chi connectivity index (χ3n) is 6.27. The van der Waals surface area contributed by atoms with Crippen LogP contribution in [0.25, 0.3) is 10.9 Å². The number of benzene rings is 2. The molecule has 1 saturated heterocycles.